The molecule has 0 aromatic rings. The summed E-state index contributed by atoms with van der Waals surface area (Å²) in [5, 5.41) is 0. The van der Waals surface area contributed by atoms with E-state index < -0.39 is 17.3 Å². The van der Waals surface area contributed by atoms with Crippen LogP contribution in [0.25, 0.3) is 0 Å². The van der Waals surface area contributed by atoms with Crippen molar-refractivity contribution in [1.82, 2.24) is 0 Å². The topological polar surface area (TPSA) is 66.4 Å². The fourth-order valence-electron chi connectivity index (χ4n) is 0.341. The summed E-state index contributed by atoms with van der Waals surface area (Å²) in [7, 11) is 0. The van der Waals surface area contributed by atoms with E-state index in [1.807, 2.05) is 0 Å². The van der Waals surface area contributed by atoms with Crippen LogP contribution in [-0.4, -0.2) is 20.5 Å². The maximum atomic E-state index is 10.4. The van der Waals surface area contributed by atoms with E-state index in [2.05, 4.69) is 16.8 Å². The molecule has 0 radical (unpaired) electrons. The highest BCUT2D eigenvalue weighted by molar-refractivity contribution is 7.80. The molecule has 0 heterocycles. The van der Waals surface area contributed by atoms with Crippen molar-refractivity contribution in [3.05, 3.63) is 0 Å². The molecule has 0 aliphatic heterocycles. The number of carbonyl (C=O) groups is 1. The van der Waals surface area contributed by atoms with Gasteiger partial charge in [0, 0.05) is 6.42 Å². The molecule has 6 heteroatoms. The van der Waals surface area contributed by atoms with Gasteiger partial charge in [-0.1, -0.05) is 0 Å². The van der Waals surface area contributed by atoms with E-state index in [9.17, 15) is 13.6 Å². The normalized spacial score (nSPS) is 12.6. The molecule has 60 valence electrons. The van der Waals surface area contributed by atoms with Gasteiger partial charge in [-0.3, -0.25) is 4.79 Å². The third-order valence-corrected chi connectivity index (χ3v) is 1.34. The summed E-state index contributed by atoms with van der Waals surface area (Å²) in [6.07, 6.45) is 0.622. The molecule has 1 unspecified atom stereocenters. The first-order valence-electron chi connectivity index (χ1n) is 2.58. The minimum Gasteiger partial charge on any atom is -0.740 e. The van der Waals surface area contributed by atoms with E-state index in [-0.39, 0.29) is 6.42 Å². The lowest BCUT2D eigenvalue weighted by molar-refractivity contribution is -0.133. The molecule has 10 heavy (non-hydrogen) atoms. The van der Waals surface area contributed by atoms with Crippen LogP contribution in [0.1, 0.15) is 12.8 Å². The van der Waals surface area contributed by atoms with Crippen LogP contribution in [0.5, 0.6) is 0 Å². The van der Waals surface area contributed by atoms with Crippen molar-refractivity contribution in [2.75, 3.05) is 5.75 Å². The van der Waals surface area contributed by atoms with Crippen LogP contribution < -0.4 is 0 Å². The zero-order valence-corrected chi connectivity index (χ0v) is 6.82. The summed E-state index contributed by atoms with van der Waals surface area (Å²) in [6, 6.07) is 0. The summed E-state index contributed by atoms with van der Waals surface area (Å²) in [5.41, 5.74) is 0. The average molecular weight is 183 g/mol. The molecule has 0 aliphatic rings. The number of hydrogen-bond donors (Lipinski definition) is 1. The van der Waals surface area contributed by atoms with Crippen molar-refractivity contribution in [3.63, 3.8) is 0 Å². The third kappa shape index (κ3) is 6.06. The van der Waals surface area contributed by atoms with Gasteiger partial charge in [0.1, 0.15) is 11.4 Å². The predicted molar refractivity (Wildman–Crippen MR) is 38.1 cm³/mol. The van der Waals surface area contributed by atoms with E-state index in [0.29, 0.717) is 12.2 Å². The Bertz CT molecular complexity index is 135. The van der Waals surface area contributed by atoms with E-state index in [1.165, 1.54) is 0 Å². The van der Waals surface area contributed by atoms with Crippen LogP contribution in [0.15, 0.2) is 0 Å². The van der Waals surface area contributed by atoms with Crippen molar-refractivity contribution < 1.29 is 17.7 Å². The Balaban J connectivity index is 3.35. The lowest BCUT2D eigenvalue weighted by atomic mass is 10.3. The summed E-state index contributed by atoms with van der Waals surface area (Å²) in [6.45, 7) is 0. The molecule has 1 atom stereocenters. The molecule has 0 spiro atoms. The molecule has 0 aromatic carbocycles. The molecule has 0 saturated carbocycles. The molecule has 0 aromatic heterocycles. The fraction of sp³-hybridized carbons (Fsp3) is 0.750. The summed E-state index contributed by atoms with van der Waals surface area (Å²) in [5.74, 6) is -0.192. The minimum absolute atomic E-state index is 0.0947. The number of hydrogen-bond acceptors (Lipinski definition) is 5. The number of thiol groups is 1. The molecule has 0 amide bonds. The number of rotatable bonds is 4. The highest BCUT2D eigenvalue weighted by atomic mass is 32.2. The molecule has 0 fully saturated rings. The Morgan fingerprint density at radius 3 is 2.70 bits per heavy atom. The first-order chi connectivity index (χ1) is 4.66. The summed E-state index contributed by atoms with van der Waals surface area (Å²) in [4.78, 5) is 10.4. The first kappa shape index (κ1) is 9.93. The van der Waals surface area contributed by atoms with Crippen molar-refractivity contribution in [2.24, 2.45) is 0 Å². The highest BCUT2D eigenvalue weighted by Gasteiger charge is 2.00. The van der Waals surface area contributed by atoms with E-state index in [1.54, 1.807) is 0 Å². The van der Waals surface area contributed by atoms with Gasteiger partial charge in [-0.15, -0.1) is 0 Å². The third-order valence-electron chi connectivity index (χ3n) is 0.700. The van der Waals surface area contributed by atoms with Gasteiger partial charge < -0.3 is 8.74 Å². The largest absolute Gasteiger partial charge is 0.740 e. The molecular weight excluding hydrogens is 176 g/mol. The zero-order chi connectivity index (χ0) is 7.98. The summed E-state index contributed by atoms with van der Waals surface area (Å²) < 4.78 is 23.2. The molecule has 4 nitrogen and oxygen atoms in total. The van der Waals surface area contributed by atoms with Crippen LogP contribution in [0.3, 0.4) is 0 Å². The summed E-state index contributed by atoms with van der Waals surface area (Å²) >= 11 is 1.10. The molecule has 0 aliphatic carbocycles. The first-order valence-corrected chi connectivity index (χ1v) is 4.21. The monoisotopic (exact) mass is 183 g/mol. The molecule has 0 N–H and O–H groups in total. The molecule has 0 saturated heterocycles. The van der Waals surface area contributed by atoms with Gasteiger partial charge in [-0.05, 0) is 12.2 Å². The van der Waals surface area contributed by atoms with Crippen molar-refractivity contribution in [2.45, 2.75) is 12.8 Å². The van der Waals surface area contributed by atoms with Crippen molar-refractivity contribution in [1.29, 1.82) is 0 Å². The second-order valence-corrected chi connectivity index (χ2v) is 2.51. The van der Waals surface area contributed by atoms with Gasteiger partial charge in [0.05, 0.1) is 0 Å². The van der Waals surface area contributed by atoms with Gasteiger partial charge in [0.15, 0.2) is 0 Å². The second kappa shape index (κ2) is 5.70. The molecular formula is C4H7O4S2-. The molecule has 0 rings (SSSR count). The maximum absolute atomic E-state index is 10.4. The molecule has 0 bridgehead atoms. The Kier molecular flexibility index (Phi) is 5.66. The van der Waals surface area contributed by atoms with Crippen LogP contribution in [0, 0.1) is 0 Å². The lowest BCUT2D eigenvalue weighted by Gasteiger charge is -2.03. The Labute approximate surface area is 66.9 Å². The van der Waals surface area contributed by atoms with Crippen molar-refractivity contribution in [3.8, 4) is 0 Å². The number of carbonyl (C=O) groups excluding carboxylic acids is 1. The fourth-order valence-corrected chi connectivity index (χ4v) is 0.734. The van der Waals surface area contributed by atoms with Crippen LogP contribution in [-0.2, 0) is 20.3 Å². The maximum Gasteiger partial charge on any atom is 0.319 e. The lowest BCUT2D eigenvalue weighted by Crippen LogP contribution is -2.06. The van der Waals surface area contributed by atoms with Gasteiger partial charge >= 0.3 is 5.97 Å². The predicted octanol–water partition coefficient (Wildman–Crippen LogP) is 0.0337. The average Bonchev–Trinajstić information content (AvgIpc) is 1.82. The second-order valence-electron chi connectivity index (χ2n) is 1.49. The highest BCUT2D eigenvalue weighted by Crippen LogP contribution is 1.95. The quantitative estimate of drug-likeness (QED) is 0.493. The zero-order valence-electron chi connectivity index (χ0n) is 5.11. The van der Waals surface area contributed by atoms with Crippen LogP contribution >= 0.6 is 12.6 Å². The van der Waals surface area contributed by atoms with Gasteiger partial charge in [-0.25, -0.2) is 4.21 Å². The Morgan fingerprint density at radius 2 is 2.30 bits per heavy atom. The SMILES string of the molecule is O=C(CCCS)OS(=O)[O-]. The van der Waals surface area contributed by atoms with Crippen LogP contribution in [0.2, 0.25) is 0 Å². The van der Waals surface area contributed by atoms with Crippen LogP contribution in [0.4, 0.5) is 0 Å². The van der Waals surface area contributed by atoms with Gasteiger partial charge in [-0.2, -0.15) is 12.6 Å². The minimum atomic E-state index is -2.72. The van der Waals surface area contributed by atoms with E-state index >= 15 is 0 Å². The van der Waals surface area contributed by atoms with E-state index in [0.717, 1.165) is 0 Å². The van der Waals surface area contributed by atoms with Crippen molar-refractivity contribution >= 4 is 30.0 Å². The van der Waals surface area contributed by atoms with Gasteiger partial charge in [0.2, 0.25) is 0 Å². The smallest absolute Gasteiger partial charge is 0.319 e. The van der Waals surface area contributed by atoms with Gasteiger partial charge in [0.25, 0.3) is 0 Å². The Hall–Kier alpha value is -0.0700. The van der Waals surface area contributed by atoms with E-state index in [4.69, 9.17) is 0 Å². The standard InChI is InChI=1S/C4H8O4S2/c5-4(2-1-3-9)8-10(6)7/h9H,1-3H2,(H,6,7)/p-1. The Morgan fingerprint density at radius 1 is 1.70 bits per heavy atom.